The second kappa shape index (κ2) is 8.48. The molecular formula is C18H21F2NO2. The summed E-state index contributed by atoms with van der Waals surface area (Å²) in [5.74, 6) is 1.09. The zero-order valence-electron chi connectivity index (χ0n) is 13.0. The molecule has 1 atom stereocenters. The van der Waals surface area contributed by atoms with Gasteiger partial charge in [-0.1, -0.05) is 36.4 Å². The molecule has 0 aliphatic carbocycles. The van der Waals surface area contributed by atoms with Crippen LogP contribution >= 0.6 is 0 Å². The Hall–Kier alpha value is -2.14. The van der Waals surface area contributed by atoms with Crippen molar-refractivity contribution in [1.82, 2.24) is 0 Å². The zero-order chi connectivity index (χ0) is 16.7. The molecule has 2 rings (SSSR count). The molecule has 0 heterocycles. The van der Waals surface area contributed by atoms with Crippen LogP contribution in [0.3, 0.4) is 0 Å². The molecule has 0 spiro atoms. The second-order valence-corrected chi connectivity index (χ2v) is 5.15. The number of halogens is 2. The highest BCUT2D eigenvalue weighted by Crippen LogP contribution is 2.32. The van der Waals surface area contributed by atoms with E-state index in [9.17, 15) is 8.78 Å². The minimum Gasteiger partial charge on any atom is -0.490 e. The van der Waals surface area contributed by atoms with Gasteiger partial charge in [0.2, 0.25) is 6.43 Å². The Kier molecular flexibility index (Phi) is 6.35. The first-order chi connectivity index (χ1) is 11.1. The van der Waals surface area contributed by atoms with Gasteiger partial charge in [0.05, 0.1) is 6.61 Å². The van der Waals surface area contributed by atoms with Gasteiger partial charge in [-0.2, -0.15) is 0 Å². The maximum absolute atomic E-state index is 12.5. The van der Waals surface area contributed by atoms with Crippen molar-refractivity contribution < 1.29 is 18.3 Å². The molecule has 2 aromatic carbocycles. The molecule has 0 aromatic heterocycles. The molecule has 0 saturated heterocycles. The van der Waals surface area contributed by atoms with Crippen LogP contribution in [-0.2, 0) is 6.61 Å². The Labute approximate surface area is 135 Å². The van der Waals surface area contributed by atoms with Gasteiger partial charge in [0.1, 0.15) is 6.61 Å². The summed E-state index contributed by atoms with van der Waals surface area (Å²) in [5, 5.41) is 0. The highest BCUT2D eigenvalue weighted by atomic mass is 19.3. The Morgan fingerprint density at radius 2 is 1.74 bits per heavy atom. The van der Waals surface area contributed by atoms with Crippen LogP contribution in [0.1, 0.15) is 30.5 Å². The summed E-state index contributed by atoms with van der Waals surface area (Å²) in [6.45, 7) is 2.71. The van der Waals surface area contributed by atoms with Crippen LogP contribution in [0.2, 0.25) is 0 Å². The van der Waals surface area contributed by atoms with Gasteiger partial charge in [-0.15, -0.1) is 0 Å². The van der Waals surface area contributed by atoms with Crippen molar-refractivity contribution in [3.63, 3.8) is 0 Å². The number of benzene rings is 2. The largest absolute Gasteiger partial charge is 0.490 e. The summed E-state index contributed by atoms with van der Waals surface area (Å²) in [5.41, 5.74) is 7.45. The van der Waals surface area contributed by atoms with Crippen molar-refractivity contribution >= 4 is 0 Å². The van der Waals surface area contributed by atoms with E-state index in [2.05, 4.69) is 0 Å². The Balaban J connectivity index is 2.12. The van der Waals surface area contributed by atoms with Crippen LogP contribution < -0.4 is 15.2 Å². The molecular weight excluding hydrogens is 300 g/mol. The van der Waals surface area contributed by atoms with Crippen molar-refractivity contribution in [1.29, 1.82) is 0 Å². The smallest absolute Gasteiger partial charge is 0.240 e. The number of hydrogen-bond acceptors (Lipinski definition) is 3. The number of ether oxygens (including phenoxy) is 2. The molecule has 0 saturated carbocycles. The Morgan fingerprint density at radius 3 is 2.39 bits per heavy atom. The highest BCUT2D eigenvalue weighted by molar-refractivity contribution is 5.44. The normalized spacial score (nSPS) is 12.2. The number of nitrogens with two attached hydrogens (primary N) is 1. The first-order valence-electron chi connectivity index (χ1n) is 7.57. The zero-order valence-corrected chi connectivity index (χ0v) is 13.0. The van der Waals surface area contributed by atoms with Crippen LogP contribution in [-0.4, -0.2) is 13.0 Å². The number of hydrogen-bond donors (Lipinski definition) is 1. The lowest BCUT2D eigenvalue weighted by molar-refractivity contribution is 0.128. The van der Waals surface area contributed by atoms with Gasteiger partial charge in [-0.05, 0) is 30.2 Å². The lowest BCUT2D eigenvalue weighted by Crippen LogP contribution is -2.14. The Bertz CT molecular complexity index is 605. The first-order valence-corrected chi connectivity index (χ1v) is 7.57. The van der Waals surface area contributed by atoms with Gasteiger partial charge >= 0.3 is 0 Å². The van der Waals surface area contributed by atoms with Crippen LogP contribution in [0.25, 0.3) is 0 Å². The van der Waals surface area contributed by atoms with Crippen LogP contribution in [0.5, 0.6) is 11.5 Å². The average Bonchev–Trinajstić information content (AvgIpc) is 2.54. The molecule has 23 heavy (non-hydrogen) atoms. The predicted octanol–water partition coefficient (Wildman–Crippen LogP) is 4.32. The fraction of sp³-hybridized carbons (Fsp3) is 0.333. The fourth-order valence-electron chi connectivity index (χ4n) is 2.21. The quantitative estimate of drug-likeness (QED) is 0.787. The van der Waals surface area contributed by atoms with Crippen LogP contribution in [0, 0.1) is 0 Å². The maximum Gasteiger partial charge on any atom is 0.240 e. The average molecular weight is 321 g/mol. The first kappa shape index (κ1) is 17.2. The molecule has 5 heteroatoms. The molecule has 2 N–H and O–H groups in total. The summed E-state index contributed by atoms with van der Waals surface area (Å²) in [6, 6.07) is 14.1. The summed E-state index contributed by atoms with van der Waals surface area (Å²) in [4.78, 5) is 0. The molecule has 0 amide bonds. The van der Waals surface area contributed by atoms with E-state index < -0.39 is 12.5 Å². The van der Waals surface area contributed by atoms with E-state index >= 15 is 0 Å². The third kappa shape index (κ3) is 5.21. The van der Waals surface area contributed by atoms with Crippen LogP contribution in [0.4, 0.5) is 8.78 Å². The fourth-order valence-corrected chi connectivity index (χ4v) is 2.21. The van der Waals surface area contributed by atoms with Crippen molar-refractivity contribution in [3.05, 3.63) is 59.7 Å². The van der Waals surface area contributed by atoms with Crippen molar-refractivity contribution in [2.75, 3.05) is 6.61 Å². The minimum atomic E-state index is -2.44. The van der Waals surface area contributed by atoms with E-state index in [0.29, 0.717) is 30.3 Å². The van der Waals surface area contributed by atoms with Crippen molar-refractivity contribution in [2.45, 2.75) is 32.4 Å². The lowest BCUT2D eigenvalue weighted by Gasteiger charge is -2.16. The molecule has 124 valence electrons. The van der Waals surface area contributed by atoms with E-state index in [1.807, 2.05) is 37.3 Å². The topological polar surface area (TPSA) is 44.5 Å². The third-order valence-electron chi connectivity index (χ3n) is 3.37. The molecule has 0 bridgehead atoms. The van der Waals surface area contributed by atoms with Gasteiger partial charge in [0.15, 0.2) is 11.5 Å². The summed E-state index contributed by atoms with van der Waals surface area (Å²) in [7, 11) is 0. The molecule has 0 unspecified atom stereocenters. The van der Waals surface area contributed by atoms with E-state index in [1.54, 1.807) is 18.2 Å². The molecule has 0 radical (unpaired) electrons. The van der Waals surface area contributed by atoms with Crippen molar-refractivity contribution in [3.8, 4) is 11.5 Å². The van der Waals surface area contributed by atoms with Gasteiger partial charge in [-0.3, -0.25) is 0 Å². The monoisotopic (exact) mass is 321 g/mol. The Morgan fingerprint density at radius 1 is 1.00 bits per heavy atom. The van der Waals surface area contributed by atoms with Gasteiger partial charge in [0.25, 0.3) is 0 Å². The molecule has 0 aliphatic rings. The van der Waals surface area contributed by atoms with Gasteiger partial charge < -0.3 is 15.2 Å². The number of rotatable bonds is 8. The van der Waals surface area contributed by atoms with Gasteiger partial charge in [-0.25, -0.2) is 8.78 Å². The molecule has 0 fully saturated rings. The highest BCUT2D eigenvalue weighted by Gasteiger charge is 2.15. The third-order valence-corrected chi connectivity index (χ3v) is 3.37. The predicted molar refractivity (Wildman–Crippen MR) is 85.9 cm³/mol. The van der Waals surface area contributed by atoms with E-state index in [4.69, 9.17) is 15.2 Å². The van der Waals surface area contributed by atoms with Crippen molar-refractivity contribution in [2.24, 2.45) is 5.73 Å². The van der Waals surface area contributed by atoms with E-state index in [-0.39, 0.29) is 6.42 Å². The second-order valence-electron chi connectivity index (χ2n) is 5.15. The van der Waals surface area contributed by atoms with E-state index in [0.717, 1.165) is 5.56 Å². The summed E-state index contributed by atoms with van der Waals surface area (Å²) >= 11 is 0. The maximum atomic E-state index is 12.5. The van der Waals surface area contributed by atoms with E-state index in [1.165, 1.54) is 0 Å². The van der Waals surface area contributed by atoms with Gasteiger partial charge in [0, 0.05) is 12.5 Å². The van der Waals surface area contributed by atoms with Crippen LogP contribution in [0.15, 0.2) is 48.5 Å². The standard InChI is InChI=1S/C18H21F2NO2/c1-2-22-17-10-14(15(21)11-18(19)20)8-9-16(17)23-12-13-6-4-3-5-7-13/h3-10,15,18H,2,11-12,21H2,1H3/t15-/m0/s1. The summed E-state index contributed by atoms with van der Waals surface area (Å²) < 4.78 is 36.3. The molecule has 3 nitrogen and oxygen atoms in total. The SMILES string of the molecule is CCOc1cc([C@@H](N)CC(F)F)ccc1OCc1ccccc1. The minimum absolute atomic E-state index is 0.379. The summed E-state index contributed by atoms with van der Waals surface area (Å²) in [6.07, 6.45) is -2.81. The molecule has 0 aliphatic heterocycles. The lowest BCUT2D eigenvalue weighted by atomic mass is 10.0. The molecule has 2 aromatic rings. The number of alkyl halides is 2.